The van der Waals surface area contributed by atoms with E-state index in [1.54, 1.807) is 0 Å². The lowest BCUT2D eigenvalue weighted by molar-refractivity contribution is 1.13. The van der Waals surface area contributed by atoms with Crippen LogP contribution in [0.25, 0.3) is 126 Å². The van der Waals surface area contributed by atoms with Crippen molar-refractivity contribution in [3.05, 3.63) is 218 Å². The van der Waals surface area contributed by atoms with Crippen molar-refractivity contribution in [1.82, 2.24) is 9.55 Å². The molecule has 61 heavy (non-hydrogen) atoms. The van der Waals surface area contributed by atoms with E-state index in [4.69, 9.17) is 4.98 Å². The molecule has 0 fully saturated rings. The number of nitrogens with zero attached hydrogens (tertiary/aromatic N) is 2. The summed E-state index contributed by atoms with van der Waals surface area (Å²) >= 11 is 0. The highest BCUT2D eigenvalue weighted by Crippen LogP contribution is 2.45. The lowest BCUT2D eigenvalue weighted by Crippen LogP contribution is -2.01. The van der Waals surface area contributed by atoms with Crippen LogP contribution in [0.3, 0.4) is 0 Å². The van der Waals surface area contributed by atoms with E-state index >= 15 is 0 Å². The van der Waals surface area contributed by atoms with Gasteiger partial charge in [-0.1, -0.05) is 194 Å². The Balaban J connectivity index is 1.04. The Morgan fingerprint density at radius 2 is 0.803 bits per heavy atom. The predicted octanol–water partition coefficient (Wildman–Crippen LogP) is 16.1. The second kappa shape index (κ2) is 13.2. The summed E-state index contributed by atoms with van der Waals surface area (Å²) in [5.74, 6) is 0.936. The molecule has 0 bridgehead atoms. The van der Waals surface area contributed by atoms with Gasteiger partial charge in [0.05, 0.1) is 16.7 Å². The Bertz CT molecular complexity index is 3860. The van der Waals surface area contributed by atoms with E-state index < -0.39 is 0 Å². The number of fused-ring (bicyclic) bond motifs is 8. The molecule has 0 aliphatic carbocycles. The fourth-order valence-corrected chi connectivity index (χ4v) is 10.3. The maximum atomic E-state index is 5.24. The van der Waals surface area contributed by atoms with Gasteiger partial charge in [0.25, 0.3) is 0 Å². The highest BCUT2D eigenvalue weighted by Gasteiger charge is 2.22. The van der Waals surface area contributed by atoms with Crippen molar-refractivity contribution >= 4 is 86.4 Å². The summed E-state index contributed by atoms with van der Waals surface area (Å²) in [6, 6.07) is 80.1. The maximum Gasteiger partial charge on any atom is 0.145 e. The molecule has 12 aromatic carbocycles. The van der Waals surface area contributed by atoms with Gasteiger partial charge in [-0.15, -0.1) is 0 Å². The number of benzene rings is 11. The normalized spacial score (nSPS) is 11.9. The molecular weight excluding hydrogens is 737 g/mol. The lowest BCUT2D eigenvalue weighted by atomic mass is 9.87. The number of hydrogen-bond acceptors (Lipinski definition) is 1. The first-order valence-electron chi connectivity index (χ1n) is 21.0. The fourth-order valence-electron chi connectivity index (χ4n) is 10.3. The van der Waals surface area contributed by atoms with Crippen molar-refractivity contribution in [2.75, 3.05) is 0 Å². The average molecular weight is 773 g/mol. The zero-order valence-corrected chi connectivity index (χ0v) is 33.2. The lowest BCUT2D eigenvalue weighted by Gasteiger charge is -2.20. The van der Waals surface area contributed by atoms with Gasteiger partial charge in [-0.2, -0.15) is 0 Å². The SMILES string of the molecule is c1ccc(-c2nc3ccccc3n2-c2c3ccccc3c(-c3ccc(-c4cc5ccc6cccc7c8ccccc8c8ccccc8c(c4)c5c67)cc3)c3ccccc23)cc1. The Morgan fingerprint density at radius 1 is 0.295 bits per heavy atom. The molecule has 0 saturated heterocycles. The number of aromatic nitrogens is 2. The molecule has 282 valence electrons. The third-order valence-electron chi connectivity index (χ3n) is 12.9. The van der Waals surface area contributed by atoms with Crippen LogP contribution in [0, 0.1) is 0 Å². The van der Waals surface area contributed by atoms with Crippen LogP contribution in [0.4, 0.5) is 0 Å². The Hall–Kier alpha value is -8.07. The minimum absolute atomic E-state index is 0.936. The van der Waals surface area contributed by atoms with Crippen LogP contribution >= 0.6 is 0 Å². The van der Waals surface area contributed by atoms with E-state index in [1.165, 1.54) is 97.7 Å². The van der Waals surface area contributed by atoms with Gasteiger partial charge in [-0.05, 0) is 111 Å². The standard InChI is InChI=1S/C59H36N2/c1-2-15-40(16-3-1)59-60-53-27-12-13-28-54(53)61(59)58-50-24-10-8-22-48(50)55(49-23-9-11-25-51(49)58)39-31-29-37(30-32-39)42-35-41-34-33-38-17-14-26-47-45-20-6-4-18-43(45)44-19-5-7-21-46(44)52(36-42)57(41)56(38)47/h1-36H. The van der Waals surface area contributed by atoms with Gasteiger partial charge in [-0.3, -0.25) is 4.57 Å². The van der Waals surface area contributed by atoms with Gasteiger partial charge in [0, 0.05) is 16.3 Å². The van der Waals surface area contributed by atoms with Crippen molar-refractivity contribution in [3.8, 4) is 39.3 Å². The molecule has 1 heterocycles. The summed E-state index contributed by atoms with van der Waals surface area (Å²) < 4.78 is 2.38. The molecule has 0 atom stereocenters. The van der Waals surface area contributed by atoms with Gasteiger partial charge in [0.15, 0.2) is 0 Å². The third kappa shape index (κ3) is 5.06. The van der Waals surface area contributed by atoms with Crippen LogP contribution in [0.5, 0.6) is 0 Å². The molecule has 0 spiro atoms. The fraction of sp³-hybridized carbons (Fsp3) is 0. The number of para-hydroxylation sites is 2. The minimum atomic E-state index is 0.936. The molecule has 0 aliphatic rings. The minimum Gasteiger partial charge on any atom is -0.291 e. The largest absolute Gasteiger partial charge is 0.291 e. The van der Waals surface area contributed by atoms with Gasteiger partial charge in [0.2, 0.25) is 0 Å². The first kappa shape index (κ1) is 33.9. The average Bonchev–Trinajstić information content (AvgIpc) is 3.71. The van der Waals surface area contributed by atoms with E-state index in [-0.39, 0.29) is 0 Å². The first-order valence-corrected chi connectivity index (χ1v) is 21.0. The molecule has 0 unspecified atom stereocenters. The van der Waals surface area contributed by atoms with Crippen molar-refractivity contribution < 1.29 is 0 Å². The molecule has 0 saturated carbocycles. The van der Waals surface area contributed by atoms with Gasteiger partial charge >= 0.3 is 0 Å². The molecule has 0 radical (unpaired) electrons. The maximum absolute atomic E-state index is 5.24. The van der Waals surface area contributed by atoms with Gasteiger partial charge in [-0.25, -0.2) is 4.98 Å². The monoisotopic (exact) mass is 772 g/mol. The second-order valence-corrected chi connectivity index (χ2v) is 16.2. The van der Waals surface area contributed by atoms with Gasteiger partial charge in [0.1, 0.15) is 5.82 Å². The van der Waals surface area contributed by atoms with Crippen molar-refractivity contribution in [2.24, 2.45) is 0 Å². The molecule has 0 amide bonds. The molecule has 1 aromatic heterocycles. The quantitative estimate of drug-likeness (QED) is 0.129. The van der Waals surface area contributed by atoms with E-state index in [0.29, 0.717) is 0 Å². The van der Waals surface area contributed by atoms with Gasteiger partial charge < -0.3 is 0 Å². The van der Waals surface area contributed by atoms with Crippen LogP contribution in [-0.4, -0.2) is 9.55 Å². The smallest absolute Gasteiger partial charge is 0.145 e. The summed E-state index contributed by atoms with van der Waals surface area (Å²) in [4.78, 5) is 5.24. The zero-order chi connectivity index (χ0) is 40.0. The predicted molar refractivity (Wildman–Crippen MR) is 260 cm³/mol. The zero-order valence-electron chi connectivity index (χ0n) is 33.2. The van der Waals surface area contributed by atoms with Crippen LogP contribution in [0.15, 0.2) is 218 Å². The number of imidazole rings is 1. The molecule has 0 aliphatic heterocycles. The Morgan fingerprint density at radius 3 is 1.49 bits per heavy atom. The second-order valence-electron chi connectivity index (χ2n) is 16.2. The highest BCUT2D eigenvalue weighted by atomic mass is 15.1. The number of hydrogen-bond donors (Lipinski definition) is 0. The molecule has 13 rings (SSSR count). The van der Waals surface area contributed by atoms with E-state index in [1.807, 2.05) is 0 Å². The molecule has 2 nitrogen and oxygen atoms in total. The Kier molecular flexibility index (Phi) is 7.34. The highest BCUT2D eigenvalue weighted by molar-refractivity contribution is 6.33. The van der Waals surface area contributed by atoms with Crippen molar-refractivity contribution in [1.29, 1.82) is 0 Å². The summed E-state index contributed by atoms with van der Waals surface area (Å²) in [5.41, 5.74) is 9.13. The summed E-state index contributed by atoms with van der Waals surface area (Å²) in [7, 11) is 0. The van der Waals surface area contributed by atoms with E-state index in [9.17, 15) is 0 Å². The number of rotatable bonds is 4. The molecule has 2 heteroatoms. The third-order valence-corrected chi connectivity index (χ3v) is 12.9. The molecular formula is C59H36N2. The van der Waals surface area contributed by atoms with E-state index in [2.05, 4.69) is 223 Å². The van der Waals surface area contributed by atoms with Crippen LogP contribution in [0.1, 0.15) is 0 Å². The summed E-state index contributed by atoms with van der Waals surface area (Å²) in [6.45, 7) is 0. The first-order chi connectivity index (χ1) is 30.3. The van der Waals surface area contributed by atoms with Crippen LogP contribution < -0.4 is 0 Å². The van der Waals surface area contributed by atoms with Crippen LogP contribution in [0.2, 0.25) is 0 Å². The summed E-state index contributed by atoms with van der Waals surface area (Å²) in [6.07, 6.45) is 0. The van der Waals surface area contributed by atoms with E-state index in [0.717, 1.165) is 28.1 Å². The topological polar surface area (TPSA) is 17.8 Å². The van der Waals surface area contributed by atoms with Crippen molar-refractivity contribution in [2.45, 2.75) is 0 Å². The van der Waals surface area contributed by atoms with Crippen LogP contribution in [-0.2, 0) is 0 Å². The molecule has 13 aromatic rings. The Labute approximate surface area is 352 Å². The molecule has 0 N–H and O–H groups in total. The summed E-state index contributed by atoms with van der Waals surface area (Å²) in [5, 5.41) is 17.6. The van der Waals surface area contributed by atoms with Crippen molar-refractivity contribution in [3.63, 3.8) is 0 Å².